The van der Waals surface area contributed by atoms with Gasteiger partial charge in [-0.3, -0.25) is 4.98 Å². The van der Waals surface area contributed by atoms with Crippen LogP contribution in [0.15, 0.2) is 54.9 Å². The molecular weight excluding hydrogens is 341 g/mol. The van der Waals surface area contributed by atoms with Crippen LogP contribution in [0.3, 0.4) is 0 Å². The van der Waals surface area contributed by atoms with E-state index in [0.717, 1.165) is 6.07 Å². The Hall–Kier alpha value is -2.67. The summed E-state index contributed by atoms with van der Waals surface area (Å²) in [7, 11) is 0. The topological polar surface area (TPSA) is 50.7 Å². The summed E-state index contributed by atoms with van der Waals surface area (Å²) in [5.41, 5.74) is 0.0788. The molecule has 0 atom stereocenters. The zero-order chi connectivity index (χ0) is 17.2. The first-order chi connectivity index (χ1) is 11.4. The minimum Gasteiger partial charge on any atom is -0.324 e. The first-order valence-corrected chi connectivity index (χ1v) is 7.19. The highest BCUT2D eigenvalue weighted by molar-refractivity contribution is 6.30. The van der Waals surface area contributed by atoms with Gasteiger partial charge in [-0.2, -0.15) is 13.2 Å². The van der Waals surface area contributed by atoms with Crippen LogP contribution < -0.4 is 5.32 Å². The Kier molecular flexibility index (Phi) is 4.35. The quantitative estimate of drug-likeness (QED) is 0.725. The molecule has 0 amide bonds. The molecule has 3 rings (SSSR count). The summed E-state index contributed by atoms with van der Waals surface area (Å²) in [6, 6.07) is 10.6. The number of anilines is 2. The van der Waals surface area contributed by atoms with E-state index in [9.17, 15) is 13.2 Å². The average molecular weight is 351 g/mol. The second-order valence-electron chi connectivity index (χ2n) is 4.83. The second kappa shape index (κ2) is 6.45. The molecule has 0 aliphatic carbocycles. The van der Waals surface area contributed by atoms with Gasteiger partial charge in [-0.25, -0.2) is 9.97 Å². The first-order valence-electron chi connectivity index (χ1n) is 6.81. The van der Waals surface area contributed by atoms with E-state index in [1.807, 2.05) is 0 Å². The number of aromatic nitrogens is 3. The van der Waals surface area contributed by atoms with Crippen molar-refractivity contribution in [2.75, 3.05) is 5.32 Å². The summed E-state index contributed by atoms with van der Waals surface area (Å²) >= 11 is 5.79. The molecule has 3 aromatic rings. The monoisotopic (exact) mass is 350 g/mol. The van der Waals surface area contributed by atoms with Crippen LogP contribution in [0.5, 0.6) is 0 Å². The van der Waals surface area contributed by atoms with Crippen LogP contribution in [-0.2, 0) is 6.18 Å². The summed E-state index contributed by atoms with van der Waals surface area (Å²) in [6.07, 6.45) is -1.62. The van der Waals surface area contributed by atoms with Gasteiger partial charge in [0.2, 0.25) is 5.95 Å². The maximum absolute atomic E-state index is 13.1. The number of alkyl halides is 3. The summed E-state index contributed by atoms with van der Waals surface area (Å²) in [6.45, 7) is 0. The van der Waals surface area contributed by atoms with Crippen molar-refractivity contribution in [1.29, 1.82) is 0 Å². The molecule has 8 heteroatoms. The fraction of sp³-hybridized carbons (Fsp3) is 0.0625. The summed E-state index contributed by atoms with van der Waals surface area (Å²) in [5, 5.41) is 3.27. The Labute approximate surface area is 140 Å². The number of hydrogen-bond donors (Lipinski definition) is 1. The van der Waals surface area contributed by atoms with E-state index >= 15 is 0 Å². The van der Waals surface area contributed by atoms with Gasteiger partial charge in [-0.15, -0.1) is 0 Å². The minimum absolute atomic E-state index is 0.127. The lowest BCUT2D eigenvalue weighted by Crippen LogP contribution is -2.11. The van der Waals surface area contributed by atoms with E-state index in [1.54, 1.807) is 36.4 Å². The van der Waals surface area contributed by atoms with Crippen LogP contribution in [0.25, 0.3) is 11.3 Å². The molecule has 24 heavy (non-hydrogen) atoms. The molecule has 0 saturated carbocycles. The van der Waals surface area contributed by atoms with Crippen molar-refractivity contribution in [3.8, 4) is 11.3 Å². The number of halogens is 4. The van der Waals surface area contributed by atoms with Gasteiger partial charge in [-0.1, -0.05) is 11.6 Å². The molecule has 1 aromatic carbocycles. The highest BCUT2D eigenvalue weighted by atomic mass is 35.5. The van der Waals surface area contributed by atoms with Gasteiger partial charge in [-0.05, 0) is 42.5 Å². The molecule has 0 aliphatic heterocycles. The second-order valence-corrected chi connectivity index (χ2v) is 5.27. The maximum atomic E-state index is 13.1. The molecule has 0 unspecified atom stereocenters. The lowest BCUT2D eigenvalue weighted by Gasteiger charge is -2.11. The van der Waals surface area contributed by atoms with Gasteiger partial charge in [0, 0.05) is 28.7 Å². The molecule has 0 aliphatic rings. The highest BCUT2D eigenvalue weighted by Crippen LogP contribution is 2.31. The third kappa shape index (κ3) is 3.80. The predicted molar refractivity (Wildman–Crippen MR) is 85.0 cm³/mol. The average Bonchev–Trinajstić information content (AvgIpc) is 2.57. The highest BCUT2D eigenvalue weighted by Gasteiger charge is 2.33. The van der Waals surface area contributed by atoms with E-state index < -0.39 is 11.9 Å². The molecular formula is C16H10ClF3N4. The SMILES string of the molecule is FC(F)(F)c1cc(-c2cccnc2)nc(Nc2ccc(Cl)cc2)n1. The molecule has 0 saturated heterocycles. The molecule has 0 fully saturated rings. The first kappa shape index (κ1) is 16.2. The van der Waals surface area contributed by atoms with E-state index in [0.29, 0.717) is 16.3 Å². The summed E-state index contributed by atoms with van der Waals surface area (Å²) in [4.78, 5) is 11.6. The number of pyridine rings is 1. The minimum atomic E-state index is -4.59. The molecule has 2 heterocycles. The van der Waals surface area contributed by atoms with Crippen LogP contribution in [-0.4, -0.2) is 15.0 Å². The third-order valence-electron chi connectivity index (χ3n) is 3.07. The molecule has 0 bridgehead atoms. The molecule has 122 valence electrons. The summed E-state index contributed by atoms with van der Waals surface area (Å²) < 4.78 is 39.3. The van der Waals surface area contributed by atoms with E-state index in [2.05, 4.69) is 20.3 Å². The number of nitrogens with one attached hydrogen (secondary N) is 1. The summed E-state index contributed by atoms with van der Waals surface area (Å²) in [5.74, 6) is -0.161. The Morgan fingerprint density at radius 3 is 2.38 bits per heavy atom. The van der Waals surface area contributed by atoms with Gasteiger partial charge < -0.3 is 5.32 Å². The standard InChI is InChI=1S/C16H10ClF3N4/c17-11-3-5-12(6-4-11)22-15-23-13(10-2-1-7-21-9-10)8-14(24-15)16(18,19)20/h1-9H,(H,22,23,24). The molecule has 0 radical (unpaired) electrons. The molecule has 2 aromatic heterocycles. The molecule has 0 spiro atoms. The number of hydrogen-bond acceptors (Lipinski definition) is 4. The van der Waals surface area contributed by atoms with E-state index in [-0.39, 0.29) is 11.6 Å². The van der Waals surface area contributed by atoms with E-state index in [1.165, 1.54) is 12.4 Å². The fourth-order valence-corrected chi connectivity index (χ4v) is 2.10. The molecule has 4 nitrogen and oxygen atoms in total. The van der Waals surface area contributed by atoms with Crippen molar-refractivity contribution in [1.82, 2.24) is 15.0 Å². The number of rotatable bonds is 3. The lowest BCUT2D eigenvalue weighted by atomic mass is 10.2. The van der Waals surface area contributed by atoms with Crippen molar-refractivity contribution < 1.29 is 13.2 Å². The zero-order valence-corrected chi connectivity index (χ0v) is 12.8. The maximum Gasteiger partial charge on any atom is 0.433 e. The van der Waals surface area contributed by atoms with Gasteiger partial charge >= 0.3 is 6.18 Å². The van der Waals surface area contributed by atoms with Gasteiger partial charge in [0.25, 0.3) is 0 Å². The Morgan fingerprint density at radius 2 is 1.75 bits per heavy atom. The number of benzene rings is 1. The van der Waals surface area contributed by atoms with Crippen molar-refractivity contribution in [2.24, 2.45) is 0 Å². The fourth-order valence-electron chi connectivity index (χ4n) is 1.97. The van der Waals surface area contributed by atoms with E-state index in [4.69, 9.17) is 11.6 Å². The Balaban J connectivity index is 2.03. The van der Waals surface area contributed by atoms with Crippen molar-refractivity contribution in [2.45, 2.75) is 6.18 Å². The van der Waals surface area contributed by atoms with Crippen LogP contribution in [0.1, 0.15) is 5.69 Å². The van der Waals surface area contributed by atoms with Crippen molar-refractivity contribution >= 4 is 23.2 Å². The van der Waals surface area contributed by atoms with Crippen LogP contribution >= 0.6 is 11.6 Å². The smallest absolute Gasteiger partial charge is 0.324 e. The van der Waals surface area contributed by atoms with Gasteiger partial charge in [0.15, 0.2) is 5.69 Å². The predicted octanol–water partition coefficient (Wildman–Crippen LogP) is 4.95. The largest absolute Gasteiger partial charge is 0.433 e. The van der Waals surface area contributed by atoms with Crippen molar-refractivity contribution in [3.05, 3.63) is 65.6 Å². The van der Waals surface area contributed by atoms with Gasteiger partial charge in [0.1, 0.15) is 0 Å². The third-order valence-corrected chi connectivity index (χ3v) is 3.33. The van der Waals surface area contributed by atoms with Crippen LogP contribution in [0.4, 0.5) is 24.8 Å². The van der Waals surface area contributed by atoms with Crippen molar-refractivity contribution in [3.63, 3.8) is 0 Å². The zero-order valence-electron chi connectivity index (χ0n) is 12.0. The van der Waals surface area contributed by atoms with Gasteiger partial charge in [0.05, 0.1) is 5.69 Å². The Bertz CT molecular complexity index is 836. The van der Waals surface area contributed by atoms with Crippen LogP contribution in [0.2, 0.25) is 5.02 Å². The Morgan fingerprint density at radius 1 is 1.00 bits per heavy atom. The van der Waals surface area contributed by atoms with Crippen LogP contribution in [0, 0.1) is 0 Å². The lowest BCUT2D eigenvalue weighted by molar-refractivity contribution is -0.141. The normalized spacial score (nSPS) is 11.3. The number of nitrogens with zero attached hydrogens (tertiary/aromatic N) is 3. The molecule has 1 N–H and O–H groups in total.